The van der Waals surface area contributed by atoms with Crippen LogP contribution in [0.15, 0.2) is 24.3 Å². The Morgan fingerprint density at radius 2 is 2.14 bits per heavy atom. The van der Waals surface area contributed by atoms with E-state index >= 15 is 0 Å². The van der Waals surface area contributed by atoms with Gasteiger partial charge in [-0.25, -0.2) is 0 Å². The fourth-order valence-electron chi connectivity index (χ4n) is 3.98. The SMILES string of the molecule is N#Cc1cccc(CN2CC3CCC2C3OCC2CC2)c1. The predicted molar refractivity (Wildman–Crippen MR) is 80.5 cm³/mol. The molecule has 3 aliphatic rings. The highest BCUT2D eigenvalue weighted by Gasteiger charge is 2.47. The Labute approximate surface area is 126 Å². The number of ether oxygens (including phenoxy) is 1. The Kier molecular flexibility index (Phi) is 3.45. The van der Waals surface area contributed by atoms with Crippen molar-refractivity contribution in [2.45, 2.75) is 44.4 Å². The van der Waals surface area contributed by atoms with E-state index in [1.807, 2.05) is 18.2 Å². The first-order chi connectivity index (χ1) is 10.3. The van der Waals surface area contributed by atoms with Crippen LogP contribution in [0.3, 0.4) is 0 Å². The van der Waals surface area contributed by atoms with Gasteiger partial charge in [-0.15, -0.1) is 0 Å². The zero-order valence-electron chi connectivity index (χ0n) is 12.4. The van der Waals surface area contributed by atoms with Crippen molar-refractivity contribution in [2.75, 3.05) is 13.2 Å². The molecule has 0 aromatic heterocycles. The van der Waals surface area contributed by atoms with Gasteiger partial charge in [0.25, 0.3) is 0 Å². The number of hydrogen-bond donors (Lipinski definition) is 0. The van der Waals surface area contributed by atoms with Gasteiger partial charge in [-0.1, -0.05) is 12.1 Å². The summed E-state index contributed by atoms with van der Waals surface area (Å²) in [4.78, 5) is 2.57. The van der Waals surface area contributed by atoms with Gasteiger partial charge in [0.05, 0.1) is 17.7 Å². The van der Waals surface area contributed by atoms with Crippen LogP contribution in [0.1, 0.15) is 36.8 Å². The van der Waals surface area contributed by atoms with Crippen molar-refractivity contribution in [1.29, 1.82) is 5.26 Å². The monoisotopic (exact) mass is 282 g/mol. The van der Waals surface area contributed by atoms with Crippen LogP contribution in [0, 0.1) is 23.2 Å². The lowest BCUT2D eigenvalue weighted by atomic mass is 10.1. The topological polar surface area (TPSA) is 36.3 Å². The molecular weight excluding hydrogens is 260 g/mol. The van der Waals surface area contributed by atoms with Crippen LogP contribution < -0.4 is 0 Å². The highest BCUT2D eigenvalue weighted by atomic mass is 16.5. The van der Waals surface area contributed by atoms with Gasteiger partial charge in [0.1, 0.15) is 0 Å². The maximum absolute atomic E-state index is 9.01. The molecule has 3 fully saturated rings. The molecule has 1 aliphatic heterocycles. The molecule has 3 nitrogen and oxygen atoms in total. The third-order valence-corrected chi connectivity index (χ3v) is 5.28. The molecule has 0 radical (unpaired) electrons. The number of rotatable bonds is 5. The second kappa shape index (κ2) is 5.44. The highest BCUT2D eigenvalue weighted by molar-refractivity contribution is 5.32. The quantitative estimate of drug-likeness (QED) is 0.833. The van der Waals surface area contributed by atoms with Crippen LogP contribution in [0.25, 0.3) is 0 Å². The van der Waals surface area contributed by atoms with E-state index < -0.39 is 0 Å². The van der Waals surface area contributed by atoms with Crippen molar-refractivity contribution in [3.05, 3.63) is 35.4 Å². The summed E-state index contributed by atoms with van der Waals surface area (Å²) in [6.45, 7) is 3.10. The van der Waals surface area contributed by atoms with E-state index in [-0.39, 0.29) is 0 Å². The van der Waals surface area contributed by atoms with Crippen molar-refractivity contribution in [2.24, 2.45) is 11.8 Å². The Morgan fingerprint density at radius 3 is 2.95 bits per heavy atom. The molecular formula is C18H22N2O. The summed E-state index contributed by atoms with van der Waals surface area (Å²) in [5.74, 6) is 1.58. The van der Waals surface area contributed by atoms with Crippen molar-refractivity contribution >= 4 is 0 Å². The second-order valence-corrected chi connectivity index (χ2v) is 6.89. The van der Waals surface area contributed by atoms with Gasteiger partial charge < -0.3 is 4.74 Å². The Morgan fingerprint density at radius 1 is 1.24 bits per heavy atom. The summed E-state index contributed by atoms with van der Waals surface area (Å²) < 4.78 is 6.23. The van der Waals surface area contributed by atoms with Crippen LogP contribution in [0.4, 0.5) is 0 Å². The Bertz CT molecular complexity index is 561. The summed E-state index contributed by atoms with van der Waals surface area (Å²) in [6.07, 6.45) is 5.80. The summed E-state index contributed by atoms with van der Waals surface area (Å²) in [6, 6.07) is 10.8. The van der Waals surface area contributed by atoms with Gasteiger partial charge in [-0.05, 0) is 55.2 Å². The van der Waals surface area contributed by atoms with Crippen LogP contribution in [-0.2, 0) is 11.3 Å². The summed E-state index contributed by atoms with van der Waals surface area (Å²) in [5.41, 5.74) is 2.01. The fourth-order valence-corrected chi connectivity index (χ4v) is 3.98. The van der Waals surface area contributed by atoms with E-state index in [1.165, 1.54) is 31.2 Å². The maximum Gasteiger partial charge on any atom is 0.0991 e. The first-order valence-electron chi connectivity index (χ1n) is 8.18. The molecule has 1 aromatic rings. The first kappa shape index (κ1) is 13.3. The maximum atomic E-state index is 9.01. The van der Waals surface area contributed by atoms with Crippen LogP contribution in [-0.4, -0.2) is 30.2 Å². The lowest BCUT2D eigenvalue weighted by molar-refractivity contribution is 0.0207. The molecule has 3 unspecified atom stereocenters. The molecule has 110 valence electrons. The minimum Gasteiger partial charge on any atom is -0.376 e. The van der Waals surface area contributed by atoms with E-state index in [9.17, 15) is 0 Å². The van der Waals surface area contributed by atoms with E-state index in [0.717, 1.165) is 37.1 Å². The number of fused-ring (bicyclic) bond motifs is 2. The molecule has 2 bridgehead atoms. The molecule has 3 atom stereocenters. The first-order valence-corrected chi connectivity index (χ1v) is 8.18. The van der Waals surface area contributed by atoms with E-state index in [1.54, 1.807) is 0 Å². The van der Waals surface area contributed by atoms with Gasteiger partial charge in [-0.2, -0.15) is 5.26 Å². The second-order valence-electron chi connectivity index (χ2n) is 6.89. The Balaban J connectivity index is 1.41. The van der Waals surface area contributed by atoms with Gasteiger partial charge in [0.2, 0.25) is 0 Å². The van der Waals surface area contributed by atoms with Crippen LogP contribution in [0.2, 0.25) is 0 Å². The van der Waals surface area contributed by atoms with Crippen LogP contribution >= 0.6 is 0 Å². The van der Waals surface area contributed by atoms with Crippen molar-refractivity contribution < 1.29 is 4.74 Å². The third-order valence-electron chi connectivity index (χ3n) is 5.28. The lowest BCUT2D eigenvalue weighted by Gasteiger charge is -2.27. The van der Waals surface area contributed by atoms with Crippen molar-refractivity contribution in [3.8, 4) is 6.07 Å². The Hall–Kier alpha value is -1.37. The number of nitrogens with zero attached hydrogens (tertiary/aromatic N) is 2. The van der Waals surface area contributed by atoms with E-state index in [2.05, 4.69) is 17.0 Å². The standard InChI is InChI=1S/C18H22N2O/c19-9-14-2-1-3-15(8-14)10-20-11-16-6-7-17(20)18(16)21-12-13-4-5-13/h1-3,8,13,16-18H,4-7,10-12H2. The average molecular weight is 282 g/mol. The number of benzene rings is 1. The number of hydrogen-bond acceptors (Lipinski definition) is 3. The molecule has 1 saturated heterocycles. The highest BCUT2D eigenvalue weighted by Crippen LogP contribution is 2.41. The molecule has 0 spiro atoms. The van der Waals surface area contributed by atoms with Gasteiger partial charge in [0.15, 0.2) is 0 Å². The summed E-state index contributed by atoms with van der Waals surface area (Å²) >= 11 is 0. The molecule has 0 amide bonds. The predicted octanol–water partition coefficient (Wildman–Crippen LogP) is 2.95. The molecule has 2 aliphatic carbocycles. The van der Waals surface area contributed by atoms with Crippen molar-refractivity contribution in [3.63, 3.8) is 0 Å². The average Bonchev–Trinajstić information content (AvgIpc) is 3.20. The normalized spacial score (nSPS) is 31.5. The van der Waals surface area contributed by atoms with E-state index in [4.69, 9.17) is 10.00 Å². The van der Waals surface area contributed by atoms with Crippen LogP contribution in [0.5, 0.6) is 0 Å². The number of likely N-dealkylation sites (tertiary alicyclic amines) is 1. The minimum absolute atomic E-state index is 0.463. The van der Waals surface area contributed by atoms with Crippen molar-refractivity contribution in [1.82, 2.24) is 4.90 Å². The molecule has 1 aromatic carbocycles. The zero-order valence-corrected chi connectivity index (χ0v) is 12.4. The molecule has 3 heteroatoms. The van der Waals surface area contributed by atoms with Gasteiger partial charge in [-0.3, -0.25) is 4.90 Å². The molecule has 1 heterocycles. The third kappa shape index (κ3) is 2.71. The summed E-state index contributed by atoms with van der Waals surface area (Å²) in [7, 11) is 0. The van der Waals surface area contributed by atoms with Gasteiger partial charge in [0, 0.05) is 25.7 Å². The molecule has 21 heavy (non-hydrogen) atoms. The minimum atomic E-state index is 0.463. The number of nitriles is 1. The fraction of sp³-hybridized carbons (Fsp3) is 0.611. The summed E-state index contributed by atoms with van der Waals surface area (Å²) in [5, 5.41) is 9.01. The largest absolute Gasteiger partial charge is 0.376 e. The molecule has 0 N–H and O–H groups in total. The van der Waals surface area contributed by atoms with E-state index in [0.29, 0.717) is 12.1 Å². The lowest BCUT2D eigenvalue weighted by Crippen LogP contribution is -2.34. The molecule has 2 saturated carbocycles. The number of piperidine rings is 1. The smallest absolute Gasteiger partial charge is 0.0991 e. The molecule has 4 rings (SSSR count). The zero-order chi connectivity index (χ0) is 14.2. The van der Waals surface area contributed by atoms with Gasteiger partial charge >= 0.3 is 0 Å².